The van der Waals surface area contributed by atoms with Crippen LogP contribution in [0.4, 0.5) is 5.82 Å². The molecule has 120 valence electrons. The Morgan fingerprint density at radius 2 is 2.13 bits per heavy atom. The Balaban J connectivity index is 2.10. The van der Waals surface area contributed by atoms with Crippen molar-refractivity contribution in [3.8, 4) is 17.0 Å². The molecule has 1 N–H and O–H groups in total. The SMILES string of the molecule is CCCc1nc2c(nc1NC(C)=O)CCc1cc(OC)ccc1-2. The van der Waals surface area contributed by atoms with Crippen LogP contribution in [0.5, 0.6) is 5.75 Å². The fourth-order valence-corrected chi connectivity index (χ4v) is 2.96. The summed E-state index contributed by atoms with van der Waals surface area (Å²) in [5, 5.41) is 2.82. The number of ether oxygens (including phenoxy) is 1. The lowest BCUT2D eigenvalue weighted by molar-refractivity contribution is -0.114. The second-order valence-electron chi connectivity index (χ2n) is 5.77. The number of nitrogens with one attached hydrogen (secondary N) is 1. The molecular weight excluding hydrogens is 290 g/mol. The number of nitrogens with zero attached hydrogens (tertiary/aromatic N) is 2. The van der Waals surface area contributed by atoms with Gasteiger partial charge in [-0.3, -0.25) is 4.79 Å². The van der Waals surface area contributed by atoms with Crippen molar-refractivity contribution >= 4 is 11.7 Å². The van der Waals surface area contributed by atoms with Crippen molar-refractivity contribution in [2.24, 2.45) is 0 Å². The lowest BCUT2D eigenvalue weighted by Gasteiger charge is -2.21. The molecule has 1 amide bonds. The number of rotatable bonds is 4. The van der Waals surface area contributed by atoms with Crippen LogP contribution in [0.25, 0.3) is 11.3 Å². The Labute approximate surface area is 136 Å². The van der Waals surface area contributed by atoms with Crippen LogP contribution in [-0.4, -0.2) is 23.0 Å². The number of hydrogen-bond donors (Lipinski definition) is 1. The van der Waals surface area contributed by atoms with Crippen LogP contribution in [0.3, 0.4) is 0 Å². The van der Waals surface area contributed by atoms with Gasteiger partial charge in [0.05, 0.1) is 24.2 Å². The van der Waals surface area contributed by atoms with Crippen LogP contribution in [-0.2, 0) is 24.1 Å². The standard InChI is InChI=1S/C18H21N3O2/c1-4-5-16-18(19-11(2)22)21-15-9-6-12-10-13(23-3)7-8-14(12)17(15)20-16/h7-8,10H,4-6,9H2,1-3H3,(H,19,21,22). The number of amides is 1. The molecule has 0 saturated heterocycles. The summed E-state index contributed by atoms with van der Waals surface area (Å²) in [6, 6.07) is 6.08. The summed E-state index contributed by atoms with van der Waals surface area (Å²) in [6.45, 7) is 3.59. The van der Waals surface area contributed by atoms with Crippen molar-refractivity contribution in [1.29, 1.82) is 0 Å². The van der Waals surface area contributed by atoms with E-state index in [0.717, 1.165) is 54.1 Å². The van der Waals surface area contributed by atoms with Gasteiger partial charge in [0.15, 0.2) is 5.82 Å². The highest BCUT2D eigenvalue weighted by Crippen LogP contribution is 2.34. The van der Waals surface area contributed by atoms with E-state index < -0.39 is 0 Å². The molecule has 2 aromatic rings. The van der Waals surface area contributed by atoms with Gasteiger partial charge in [0.1, 0.15) is 5.75 Å². The Hall–Kier alpha value is -2.43. The average Bonchev–Trinajstić information content (AvgIpc) is 2.54. The fraction of sp³-hybridized carbons (Fsp3) is 0.389. The first-order valence-corrected chi connectivity index (χ1v) is 7.97. The highest BCUT2D eigenvalue weighted by molar-refractivity contribution is 5.88. The van der Waals surface area contributed by atoms with Crippen LogP contribution >= 0.6 is 0 Å². The Morgan fingerprint density at radius 1 is 1.30 bits per heavy atom. The van der Waals surface area contributed by atoms with E-state index in [9.17, 15) is 4.79 Å². The summed E-state index contributed by atoms with van der Waals surface area (Å²) < 4.78 is 5.31. The normalized spacial score (nSPS) is 12.3. The molecule has 0 unspecified atom stereocenters. The molecule has 1 heterocycles. The van der Waals surface area contributed by atoms with Gasteiger partial charge in [-0.2, -0.15) is 0 Å². The summed E-state index contributed by atoms with van der Waals surface area (Å²) in [5.74, 6) is 1.36. The molecule has 0 saturated carbocycles. The van der Waals surface area contributed by atoms with Gasteiger partial charge in [0.25, 0.3) is 0 Å². The highest BCUT2D eigenvalue weighted by atomic mass is 16.5. The molecule has 0 aliphatic heterocycles. The number of carbonyl (C=O) groups is 1. The summed E-state index contributed by atoms with van der Waals surface area (Å²) in [6.07, 6.45) is 3.47. The molecule has 1 aromatic carbocycles. The molecular formula is C18H21N3O2. The first kappa shape index (κ1) is 15.5. The third-order valence-electron chi connectivity index (χ3n) is 4.02. The maximum absolute atomic E-state index is 11.4. The van der Waals surface area contributed by atoms with Crippen molar-refractivity contribution in [3.63, 3.8) is 0 Å². The van der Waals surface area contributed by atoms with Crippen LogP contribution in [0.15, 0.2) is 18.2 Å². The number of carbonyl (C=O) groups excluding carboxylic acids is 1. The van der Waals surface area contributed by atoms with Crippen LogP contribution in [0.2, 0.25) is 0 Å². The maximum atomic E-state index is 11.4. The smallest absolute Gasteiger partial charge is 0.222 e. The van der Waals surface area contributed by atoms with E-state index in [1.807, 2.05) is 6.07 Å². The molecule has 23 heavy (non-hydrogen) atoms. The molecule has 5 heteroatoms. The molecule has 0 spiro atoms. The second kappa shape index (κ2) is 6.36. The molecule has 0 bridgehead atoms. The fourth-order valence-electron chi connectivity index (χ4n) is 2.96. The van der Waals surface area contributed by atoms with Crippen molar-refractivity contribution in [2.75, 3.05) is 12.4 Å². The molecule has 3 rings (SSSR count). The third-order valence-corrected chi connectivity index (χ3v) is 4.02. The minimum atomic E-state index is -0.113. The molecule has 0 atom stereocenters. The van der Waals surface area contributed by atoms with Crippen molar-refractivity contribution in [2.45, 2.75) is 39.5 Å². The van der Waals surface area contributed by atoms with Gasteiger partial charge >= 0.3 is 0 Å². The van der Waals surface area contributed by atoms with Crippen LogP contribution in [0, 0.1) is 0 Å². The zero-order chi connectivity index (χ0) is 16.4. The number of aromatic nitrogens is 2. The Kier molecular flexibility index (Phi) is 4.28. The summed E-state index contributed by atoms with van der Waals surface area (Å²) in [7, 11) is 1.68. The maximum Gasteiger partial charge on any atom is 0.222 e. The predicted octanol–water partition coefficient (Wildman–Crippen LogP) is 3.16. The van der Waals surface area contributed by atoms with Gasteiger partial charge in [-0.05, 0) is 43.0 Å². The molecule has 5 nitrogen and oxygen atoms in total. The monoisotopic (exact) mass is 311 g/mol. The van der Waals surface area contributed by atoms with E-state index >= 15 is 0 Å². The van der Waals surface area contributed by atoms with Crippen LogP contribution < -0.4 is 10.1 Å². The summed E-state index contributed by atoms with van der Waals surface area (Å²) >= 11 is 0. The van der Waals surface area contributed by atoms with E-state index in [1.54, 1.807) is 7.11 Å². The second-order valence-corrected chi connectivity index (χ2v) is 5.77. The van der Waals surface area contributed by atoms with Gasteiger partial charge in [0.2, 0.25) is 5.91 Å². The number of anilines is 1. The highest BCUT2D eigenvalue weighted by Gasteiger charge is 2.22. The third kappa shape index (κ3) is 3.04. The lowest BCUT2D eigenvalue weighted by Crippen LogP contribution is -2.16. The first-order valence-electron chi connectivity index (χ1n) is 7.97. The van der Waals surface area contributed by atoms with Crippen LogP contribution in [0.1, 0.15) is 37.2 Å². The minimum Gasteiger partial charge on any atom is -0.497 e. The predicted molar refractivity (Wildman–Crippen MR) is 89.7 cm³/mol. The molecule has 0 fully saturated rings. The summed E-state index contributed by atoms with van der Waals surface area (Å²) in [4.78, 5) is 20.9. The zero-order valence-corrected chi connectivity index (χ0v) is 13.8. The Bertz CT molecular complexity index is 756. The number of hydrogen-bond acceptors (Lipinski definition) is 4. The number of benzene rings is 1. The zero-order valence-electron chi connectivity index (χ0n) is 13.8. The van der Waals surface area contributed by atoms with Crippen molar-refractivity contribution < 1.29 is 9.53 Å². The van der Waals surface area contributed by atoms with E-state index in [2.05, 4.69) is 29.4 Å². The van der Waals surface area contributed by atoms with E-state index in [1.165, 1.54) is 12.5 Å². The topological polar surface area (TPSA) is 64.1 Å². The average molecular weight is 311 g/mol. The minimum absolute atomic E-state index is 0.113. The molecule has 1 aliphatic rings. The lowest BCUT2D eigenvalue weighted by atomic mass is 9.91. The molecule has 1 aromatic heterocycles. The van der Waals surface area contributed by atoms with E-state index in [4.69, 9.17) is 9.72 Å². The largest absolute Gasteiger partial charge is 0.497 e. The van der Waals surface area contributed by atoms with E-state index in [-0.39, 0.29) is 5.91 Å². The molecule has 0 radical (unpaired) electrons. The number of fused-ring (bicyclic) bond motifs is 3. The van der Waals surface area contributed by atoms with Gasteiger partial charge in [-0.1, -0.05) is 13.3 Å². The van der Waals surface area contributed by atoms with E-state index in [0.29, 0.717) is 5.82 Å². The van der Waals surface area contributed by atoms with Crippen molar-refractivity contribution in [3.05, 3.63) is 35.2 Å². The van der Waals surface area contributed by atoms with Gasteiger partial charge in [-0.15, -0.1) is 0 Å². The van der Waals surface area contributed by atoms with Gasteiger partial charge < -0.3 is 10.1 Å². The number of aryl methyl sites for hydroxylation is 3. The summed E-state index contributed by atoms with van der Waals surface area (Å²) in [5.41, 5.74) is 5.09. The first-order chi connectivity index (χ1) is 11.1. The van der Waals surface area contributed by atoms with Gasteiger partial charge in [-0.25, -0.2) is 9.97 Å². The Morgan fingerprint density at radius 3 is 2.83 bits per heavy atom. The number of methoxy groups -OCH3 is 1. The van der Waals surface area contributed by atoms with Crippen molar-refractivity contribution in [1.82, 2.24) is 9.97 Å². The van der Waals surface area contributed by atoms with Gasteiger partial charge in [0, 0.05) is 12.5 Å². The molecule has 1 aliphatic carbocycles. The quantitative estimate of drug-likeness (QED) is 0.942.